The molecule has 0 N–H and O–H groups in total. The van der Waals surface area contributed by atoms with Crippen LogP contribution in [0.25, 0.3) is 0 Å². The summed E-state index contributed by atoms with van der Waals surface area (Å²) in [6.07, 6.45) is 1.49. The molecule has 1 heterocycles. The second-order valence-electron chi connectivity index (χ2n) is 2.92. The molecule has 0 aliphatic carbocycles. The van der Waals surface area contributed by atoms with E-state index in [4.69, 9.17) is 10.00 Å². The van der Waals surface area contributed by atoms with Gasteiger partial charge in [0.25, 0.3) is 0 Å². The Labute approximate surface area is 77.2 Å². The Balaban J connectivity index is 3.15. The van der Waals surface area contributed by atoms with Crippen molar-refractivity contribution in [1.29, 1.82) is 5.26 Å². The van der Waals surface area contributed by atoms with Crippen molar-refractivity contribution in [2.75, 3.05) is 7.11 Å². The molecular weight excluding hydrogens is 166 g/mol. The summed E-state index contributed by atoms with van der Waals surface area (Å²) in [5, 5.41) is 8.67. The molecule has 0 bridgehead atoms. The fourth-order valence-corrected chi connectivity index (χ4v) is 0.889. The summed E-state index contributed by atoms with van der Waals surface area (Å²) >= 11 is 0. The van der Waals surface area contributed by atoms with Crippen LogP contribution in [0.3, 0.4) is 0 Å². The average Bonchev–Trinajstić information content (AvgIpc) is 2.16. The topological polar surface area (TPSA) is 58.8 Å². The van der Waals surface area contributed by atoms with Crippen molar-refractivity contribution < 1.29 is 4.74 Å². The number of hydrogen-bond acceptors (Lipinski definition) is 4. The van der Waals surface area contributed by atoms with E-state index in [1.165, 1.54) is 13.3 Å². The highest BCUT2D eigenvalue weighted by Crippen LogP contribution is 2.16. The molecule has 0 saturated heterocycles. The Morgan fingerprint density at radius 1 is 1.54 bits per heavy atom. The lowest BCUT2D eigenvalue weighted by molar-refractivity contribution is 0.392. The zero-order chi connectivity index (χ0) is 9.84. The summed E-state index contributed by atoms with van der Waals surface area (Å²) < 4.78 is 4.95. The summed E-state index contributed by atoms with van der Waals surface area (Å²) in [4.78, 5) is 8.15. The second kappa shape index (κ2) is 3.85. The molecule has 1 rings (SSSR count). The van der Waals surface area contributed by atoms with Crippen molar-refractivity contribution in [2.45, 2.75) is 19.8 Å². The highest BCUT2D eigenvalue weighted by molar-refractivity contribution is 5.35. The Morgan fingerprint density at radius 2 is 2.23 bits per heavy atom. The minimum Gasteiger partial charge on any atom is -0.480 e. The maximum Gasteiger partial charge on any atom is 0.234 e. The number of methoxy groups -OCH3 is 1. The maximum absolute atomic E-state index is 8.67. The van der Waals surface area contributed by atoms with Gasteiger partial charge in [0.15, 0.2) is 0 Å². The quantitative estimate of drug-likeness (QED) is 0.686. The molecule has 4 heteroatoms. The molecule has 0 unspecified atom stereocenters. The molecule has 0 radical (unpaired) electrons. The second-order valence-corrected chi connectivity index (χ2v) is 2.92. The molecule has 0 atom stereocenters. The number of rotatable bonds is 2. The number of nitriles is 1. The van der Waals surface area contributed by atoms with Crippen LogP contribution in [0.15, 0.2) is 6.20 Å². The molecule has 0 aromatic carbocycles. The lowest BCUT2D eigenvalue weighted by Crippen LogP contribution is -2.01. The predicted octanol–water partition coefficient (Wildman–Crippen LogP) is 1.48. The molecule has 4 nitrogen and oxygen atoms in total. The Kier molecular flexibility index (Phi) is 2.80. The molecule has 68 valence electrons. The fourth-order valence-electron chi connectivity index (χ4n) is 0.889. The van der Waals surface area contributed by atoms with Crippen LogP contribution in [-0.4, -0.2) is 17.1 Å². The third-order valence-electron chi connectivity index (χ3n) is 1.60. The first-order valence-electron chi connectivity index (χ1n) is 4.00. The zero-order valence-electron chi connectivity index (χ0n) is 7.90. The SMILES string of the molecule is COc1nc(C(C)C)ncc1C#N. The zero-order valence-corrected chi connectivity index (χ0v) is 7.90. The molecule has 0 aliphatic rings. The van der Waals surface area contributed by atoms with Gasteiger partial charge in [-0.05, 0) is 0 Å². The van der Waals surface area contributed by atoms with Crippen molar-refractivity contribution in [1.82, 2.24) is 9.97 Å². The summed E-state index contributed by atoms with van der Waals surface area (Å²) in [6, 6.07) is 1.96. The standard InChI is InChI=1S/C9H11N3O/c1-6(2)8-11-5-7(4-10)9(12-8)13-3/h5-6H,1-3H3. The van der Waals surface area contributed by atoms with Gasteiger partial charge in [-0.1, -0.05) is 13.8 Å². The van der Waals surface area contributed by atoms with E-state index in [-0.39, 0.29) is 5.92 Å². The molecule has 0 aliphatic heterocycles. The summed E-state index contributed by atoms with van der Waals surface area (Å²) in [7, 11) is 1.49. The molecule has 1 aromatic rings. The van der Waals surface area contributed by atoms with Crippen LogP contribution in [0.5, 0.6) is 5.88 Å². The van der Waals surface area contributed by atoms with E-state index in [1.54, 1.807) is 0 Å². The Bertz CT molecular complexity index is 341. The Morgan fingerprint density at radius 3 is 2.69 bits per heavy atom. The van der Waals surface area contributed by atoms with Crippen LogP contribution >= 0.6 is 0 Å². The van der Waals surface area contributed by atoms with E-state index in [0.29, 0.717) is 17.3 Å². The molecule has 0 amide bonds. The van der Waals surface area contributed by atoms with Gasteiger partial charge in [-0.3, -0.25) is 0 Å². The van der Waals surface area contributed by atoms with E-state index in [1.807, 2.05) is 19.9 Å². The normalized spacial score (nSPS) is 9.77. The van der Waals surface area contributed by atoms with Crippen molar-refractivity contribution in [2.24, 2.45) is 0 Å². The molecular formula is C9H11N3O. The lowest BCUT2D eigenvalue weighted by Gasteiger charge is -2.05. The minimum absolute atomic E-state index is 0.238. The highest BCUT2D eigenvalue weighted by Gasteiger charge is 2.08. The first kappa shape index (κ1) is 9.46. The van der Waals surface area contributed by atoms with Crippen LogP contribution < -0.4 is 4.74 Å². The minimum atomic E-state index is 0.238. The number of hydrogen-bond donors (Lipinski definition) is 0. The van der Waals surface area contributed by atoms with Crippen LogP contribution in [0.4, 0.5) is 0 Å². The highest BCUT2D eigenvalue weighted by atomic mass is 16.5. The van der Waals surface area contributed by atoms with Crippen LogP contribution in [0.2, 0.25) is 0 Å². The van der Waals surface area contributed by atoms with Gasteiger partial charge in [0.05, 0.1) is 13.3 Å². The van der Waals surface area contributed by atoms with Gasteiger partial charge in [-0.2, -0.15) is 10.2 Å². The van der Waals surface area contributed by atoms with E-state index >= 15 is 0 Å². The van der Waals surface area contributed by atoms with Crippen LogP contribution in [-0.2, 0) is 0 Å². The van der Waals surface area contributed by atoms with Crippen molar-refractivity contribution in [3.8, 4) is 11.9 Å². The van der Waals surface area contributed by atoms with Crippen LogP contribution in [0.1, 0.15) is 31.2 Å². The van der Waals surface area contributed by atoms with Crippen molar-refractivity contribution in [3.05, 3.63) is 17.6 Å². The van der Waals surface area contributed by atoms with Crippen molar-refractivity contribution >= 4 is 0 Å². The van der Waals surface area contributed by atoms with Gasteiger partial charge < -0.3 is 4.74 Å². The third kappa shape index (κ3) is 1.94. The third-order valence-corrected chi connectivity index (χ3v) is 1.60. The number of ether oxygens (including phenoxy) is 1. The van der Waals surface area contributed by atoms with Gasteiger partial charge >= 0.3 is 0 Å². The molecule has 13 heavy (non-hydrogen) atoms. The predicted molar refractivity (Wildman–Crippen MR) is 47.4 cm³/mol. The number of aromatic nitrogens is 2. The molecule has 1 aromatic heterocycles. The smallest absolute Gasteiger partial charge is 0.234 e. The lowest BCUT2D eigenvalue weighted by atomic mass is 10.2. The van der Waals surface area contributed by atoms with Gasteiger partial charge in [-0.15, -0.1) is 0 Å². The maximum atomic E-state index is 8.67. The molecule has 0 fully saturated rings. The molecule has 0 saturated carbocycles. The monoisotopic (exact) mass is 177 g/mol. The van der Waals surface area contributed by atoms with Crippen LogP contribution in [0, 0.1) is 11.3 Å². The van der Waals surface area contributed by atoms with Gasteiger partial charge in [0.2, 0.25) is 5.88 Å². The van der Waals surface area contributed by atoms with Crippen molar-refractivity contribution in [3.63, 3.8) is 0 Å². The fraction of sp³-hybridized carbons (Fsp3) is 0.444. The van der Waals surface area contributed by atoms with E-state index in [9.17, 15) is 0 Å². The van der Waals surface area contributed by atoms with E-state index in [0.717, 1.165) is 0 Å². The van der Waals surface area contributed by atoms with E-state index in [2.05, 4.69) is 9.97 Å². The Hall–Kier alpha value is -1.63. The first-order valence-corrected chi connectivity index (χ1v) is 4.00. The summed E-state index contributed by atoms with van der Waals surface area (Å²) in [6.45, 7) is 3.97. The summed E-state index contributed by atoms with van der Waals surface area (Å²) in [5.41, 5.74) is 0.368. The van der Waals surface area contributed by atoms with Gasteiger partial charge in [-0.25, -0.2) is 4.98 Å². The van der Waals surface area contributed by atoms with Gasteiger partial charge in [0, 0.05) is 5.92 Å². The number of nitrogens with zero attached hydrogens (tertiary/aromatic N) is 3. The first-order chi connectivity index (χ1) is 6.19. The summed E-state index contributed by atoms with van der Waals surface area (Å²) in [5.74, 6) is 1.28. The molecule has 0 spiro atoms. The average molecular weight is 177 g/mol. The van der Waals surface area contributed by atoms with E-state index < -0.39 is 0 Å². The largest absolute Gasteiger partial charge is 0.480 e. The van der Waals surface area contributed by atoms with Gasteiger partial charge in [0.1, 0.15) is 17.5 Å².